The molecule has 0 bridgehead atoms. The molecule has 9 heteroatoms. The van der Waals surface area contributed by atoms with E-state index in [0.717, 1.165) is 5.69 Å². The third-order valence-electron chi connectivity index (χ3n) is 4.45. The van der Waals surface area contributed by atoms with Crippen molar-refractivity contribution < 1.29 is 24.3 Å². The van der Waals surface area contributed by atoms with E-state index >= 15 is 0 Å². The van der Waals surface area contributed by atoms with Crippen molar-refractivity contribution in [1.29, 1.82) is 0 Å². The number of amides is 1. The first-order chi connectivity index (χ1) is 14.2. The van der Waals surface area contributed by atoms with Crippen molar-refractivity contribution in [3.63, 3.8) is 0 Å². The summed E-state index contributed by atoms with van der Waals surface area (Å²) in [4.78, 5) is 26.9. The van der Waals surface area contributed by atoms with Crippen LogP contribution in [-0.4, -0.2) is 66.5 Å². The van der Waals surface area contributed by atoms with Crippen molar-refractivity contribution in [2.24, 2.45) is 0 Å². The predicted octanol–water partition coefficient (Wildman–Crippen LogP) is 2.78. The van der Waals surface area contributed by atoms with Gasteiger partial charge in [0.15, 0.2) is 5.75 Å². The zero-order valence-corrected chi connectivity index (χ0v) is 17.9. The van der Waals surface area contributed by atoms with Gasteiger partial charge >= 0.3 is 11.8 Å². The minimum Gasteiger partial charge on any atom is -0.490 e. The monoisotopic (exact) mass is 419 g/mol. The second-order valence-corrected chi connectivity index (χ2v) is 7.88. The fourth-order valence-corrected chi connectivity index (χ4v) is 3.01. The number of methoxy groups -OCH3 is 1. The highest BCUT2D eigenvalue weighted by Crippen LogP contribution is 2.35. The lowest BCUT2D eigenvalue weighted by Gasteiger charge is -2.37. The van der Waals surface area contributed by atoms with E-state index in [1.807, 2.05) is 25.7 Å². The van der Waals surface area contributed by atoms with Gasteiger partial charge in [0, 0.05) is 51.3 Å². The van der Waals surface area contributed by atoms with E-state index in [-0.39, 0.29) is 24.1 Å². The smallest absolute Gasteiger partial charge is 0.410 e. The number of piperazine rings is 1. The Kier molecular flexibility index (Phi) is 7.89. The molecule has 0 aliphatic carbocycles. The van der Waals surface area contributed by atoms with Gasteiger partial charge in [-0.3, -0.25) is 10.1 Å². The molecule has 164 valence electrons. The molecule has 1 N–H and O–H groups in total. The van der Waals surface area contributed by atoms with E-state index in [2.05, 4.69) is 11.8 Å². The van der Waals surface area contributed by atoms with E-state index in [9.17, 15) is 14.9 Å². The second-order valence-electron chi connectivity index (χ2n) is 7.88. The minimum absolute atomic E-state index is 0.0386. The Labute approximate surface area is 176 Å². The van der Waals surface area contributed by atoms with Crippen molar-refractivity contribution in [2.75, 3.05) is 44.8 Å². The van der Waals surface area contributed by atoms with Gasteiger partial charge in [-0.15, -0.1) is 0 Å². The maximum atomic E-state index is 12.3. The van der Waals surface area contributed by atoms with Crippen LogP contribution in [0.2, 0.25) is 0 Å². The van der Waals surface area contributed by atoms with Crippen molar-refractivity contribution in [1.82, 2.24) is 4.90 Å². The number of unbranched alkanes of at least 4 members (excludes halogenated alkanes) is 1. The molecule has 1 heterocycles. The van der Waals surface area contributed by atoms with E-state index in [1.54, 1.807) is 11.0 Å². The van der Waals surface area contributed by atoms with Gasteiger partial charge in [0.1, 0.15) is 5.60 Å². The van der Waals surface area contributed by atoms with Gasteiger partial charge in [-0.2, -0.15) is 0 Å². The van der Waals surface area contributed by atoms with Gasteiger partial charge in [-0.05, 0) is 27.2 Å². The summed E-state index contributed by atoms with van der Waals surface area (Å²) in [5, 5.41) is 20.3. The van der Waals surface area contributed by atoms with Crippen molar-refractivity contribution in [3.05, 3.63) is 27.8 Å². The van der Waals surface area contributed by atoms with Crippen molar-refractivity contribution >= 4 is 17.5 Å². The van der Waals surface area contributed by atoms with Crippen LogP contribution in [-0.2, 0) is 4.74 Å². The largest absolute Gasteiger partial charge is 0.490 e. The molecule has 0 spiro atoms. The molecule has 1 aromatic rings. The number of nitro benzene ring substituents is 1. The van der Waals surface area contributed by atoms with Crippen LogP contribution < -0.4 is 9.64 Å². The molecule has 0 saturated carbocycles. The number of nitro groups is 1. The van der Waals surface area contributed by atoms with Gasteiger partial charge < -0.3 is 24.4 Å². The number of hydrogen-bond acceptors (Lipinski definition) is 7. The number of aliphatic hydroxyl groups is 1. The Hall–Kier alpha value is -2.99. The maximum Gasteiger partial charge on any atom is 0.410 e. The molecule has 1 aliphatic heterocycles. The van der Waals surface area contributed by atoms with E-state index in [4.69, 9.17) is 14.6 Å². The van der Waals surface area contributed by atoms with Crippen LogP contribution in [0.15, 0.2) is 12.1 Å². The summed E-state index contributed by atoms with van der Waals surface area (Å²) in [7, 11) is 1.39. The molecule has 1 fully saturated rings. The Balaban J connectivity index is 2.25. The van der Waals surface area contributed by atoms with E-state index in [0.29, 0.717) is 44.6 Å². The van der Waals surface area contributed by atoms with E-state index in [1.165, 1.54) is 13.2 Å². The van der Waals surface area contributed by atoms with Crippen LogP contribution in [0.3, 0.4) is 0 Å². The fourth-order valence-electron chi connectivity index (χ4n) is 3.01. The molecular weight excluding hydrogens is 390 g/mol. The first kappa shape index (κ1) is 23.3. The molecule has 1 saturated heterocycles. The quantitative estimate of drug-likeness (QED) is 0.339. The second kappa shape index (κ2) is 10.2. The molecule has 0 aromatic heterocycles. The summed E-state index contributed by atoms with van der Waals surface area (Å²) in [6, 6.07) is 3.04. The third-order valence-corrected chi connectivity index (χ3v) is 4.45. The summed E-state index contributed by atoms with van der Waals surface area (Å²) in [5.74, 6) is 6.10. The molecule has 1 amide bonds. The molecular formula is C21H29N3O6. The van der Waals surface area contributed by atoms with Gasteiger partial charge in [0.2, 0.25) is 0 Å². The zero-order chi connectivity index (χ0) is 22.3. The zero-order valence-electron chi connectivity index (χ0n) is 17.9. The summed E-state index contributed by atoms with van der Waals surface area (Å²) in [5.41, 5.74) is 0.529. The average molecular weight is 419 g/mol. The molecule has 2 rings (SSSR count). The van der Waals surface area contributed by atoms with Crippen molar-refractivity contribution in [2.45, 2.75) is 39.2 Å². The average Bonchev–Trinajstić information content (AvgIpc) is 2.69. The normalized spacial score (nSPS) is 14.0. The number of anilines is 1. The van der Waals surface area contributed by atoms with Gasteiger partial charge in [0.05, 0.1) is 23.3 Å². The maximum absolute atomic E-state index is 12.3. The van der Waals surface area contributed by atoms with E-state index < -0.39 is 10.5 Å². The summed E-state index contributed by atoms with van der Waals surface area (Å²) >= 11 is 0. The number of carbonyl (C=O) groups is 1. The van der Waals surface area contributed by atoms with Crippen LogP contribution in [0.4, 0.5) is 16.2 Å². The Bertz CT molecular complexity index is 830. The standard InChI is InChI=1S/C21H29N3O6/c1-21(2,3)30-20(26)23-11-9-22(10-12-23)17-15-19(29-4)18(24(27)28)14-16(17)8-6-5-7-13-25/h14-15,25H,5,7,9-13H2,1-4H3. The number of hydrogen-bond donors (Lipinski definition) is 1. The highest BCUT2D eigenvalue weighted by atomic mass is 16.6. The van der Waals surface area contributed by atoms with Crippen LogP contribution in [0.1, 0.15) is 39.2 Å². The molecule has 0 unspecified atom stereocenters. The molecule has 0 radical (unpaired) electrons. The first-order valence-corrected chi connectivity index (χ1v) is 9.85. The lowest BCUT2D eigenvalue weighted by atomic mass is 10.1. The predicted molar refractivity (Wildman–Crippen MR) is 113 cm³/mol. The summed E-state index contributed by atoms with van der Waals surface area (Å²) < 4.78 is 10.6. The topological polar surface area (TPSA) is 105 Å². The molecule has 9 nitrogen and oxygen atoms in total. The minimum atomic E-state index is -0.558. The van der Waals surface area contributed by atoms with Crippen LogP contribution in [0, 0.1) is 22.0 Å². The number of ether oxygens (including phenoxy) is 2. The SMILES string of the molecule is COc1cc(N2CCN(C(=O)OC(C)(C)C)CC2)c(C#CCCCO)cc1[N+](=O)[O-]. The number of rotatable bonds is 5. The van der Waals surface area contributed by atoms with Crippen LogP contribution >= 0.6 is 0 Å². The molecule has 30 heavy (non-hydrogen) atoms. The summed E-state index contributed by atoms with van der Waals surface area (Å²) in [6.07, 6.45) is 0.671. The Morgan fingerprint density at radius 1 is 1.27 bits per heavy atom. The summed E-state index contributed by atoms with van der Waals surface area (Å²) in [6.45, 7) is 7.51. The lowest BCUT2D eigenvalue weighted by molar-refractivity contribution is -0.385. The third kappa shape index (κ3) is 6.26. The van der Waals surface area contributed by atoms with Crippen LogP contribution in [0.25, 0.3) is 0 Å². The fraction of sp³-hybridized carbons (Fsp3) is 0.571. The van der Waals surface area contributed by atoms with Gasteiger partial charge in [-0.1, -0.05) is 11.8 Å². The highest BCUT2D eigenvalue weighted by Gasteiger charge is 2.28. The van der Waals surface area contributed by atoms with Gasteiger partial charge in [0.25, 0.3) is 0 Å². The van der Waals surface area contributed by atoms with Gasteiger partial charge in [-0.25, -0.2) is 4.79 Å². The number of aliphatic hydroxyl groups excluding tert-OH is 1. The highest BCUT2D eigenvalue weighted by molar-refractivity contribution is 5.71. The first-order valence-electron chi connectivity index (χ1n) is 9.85. The molecule has 1 aliphatic rings. The Morgan fingerprint density at radius 2 is 1.93 bits per heavy atom. The Morgan fingerprint density at radius 3 is 2.47 bits per heavy atom. The van der Waals surface area contributed by atoms with Crippen LogP contribution in [0.5, 0.6) is 5.75 Å². The number of nitrogens with zero attached hydrogens (tertiary/aromatic N) is 3. The number of carbonyl (C=O) groups excluding carboxylic acids is 1. The number of benzene rings is 1. The van der Waals surface area contributed by atoms with Crippen molar-refractivity contribution in [3.8, 4) is 17.6 Å². The molecule has 1 aromatic carbocycles. The molecule has 0 atom stereocenters. The lowest BCUT2D eigenvalue weighted by Crippen LogP contribution is -2.50.